The van der Waals surface area contributed by atoms with Crippen molar-refractivity contribution >= 4 is 23.3 Å². The molecule has 2 rings (SSSR count). The van der Waals surface area contributed by atoms with Gasteiger partial charge < -0.3 is 9.47 Å². The number of hydrogen-bond donors (Lipinski definition) is 1. The molecule has 1 N–H and O–H groups in total. The van der Waals surface area contributed by atoms with E-state index in [1.165, 1.54) is 14.2 Å². The van der Waals surface area contributed by atoms with Crippen molar-refractivity contribution < 1.29 is 19.1 Å². The van der Waals surface area contributed by atoms with Gasteiger partial charge in [-0.15, -0.1) is 0 Å². The van der Waals surface area contributed by atoms with E-state index in [0.717, 1.165) is 0 Å². The molecule has 0 bridgehead atoms. The molecule has 0 fully saturated rings. The second kappa shape index (κ2) is 7.79. The van der Waals surface area contributed by atoms with Gasteiger partial charge in [0.2, 0.25) is 0 Å². The van der Waals surface area contributed by atoms with Gasteiger partial charge in [-0.25, -0.2) is 9.59 Å². The summed E-state index contributed by atoms with van der Waals surface area (Å²) < 4.78 is 9.56. The van der Waals surface area contributed by atoms with Crippen LogP contribution in [0, 0.1) is 0 Å². The van der Waals surface area contributed by atoms with E-state index in [4.69, 9.17) is 4.74 Å². The first-order chi connectivity index (χ1) is 11.2. The summed E-state index contributed by atoms with van der Waals surface area (Å²) >= 11 is 0. The molecule has 0 aliphatic heterocycles. The molecule has 2 aromatic rings. The van der Waals surface area contributed by atoms with E-state index in [2.05, 4.69) is 10.1 Å². The normalized spacial score (nSPS) is 11.2. The van der Waals surface area contributed by atoms with Gasteiger partial charge in [0.25, 0.3) is 0 Å². The minimum absolute atomic E-state index is 0.254. The third-order valence-corrected chi connectivity index (χ3v) is 3.18. The molecule has 5 heteroatoms. The number of rotatable bonds is 4. The number of methoxy groups -OCH3 is 2. The Morgan fingerprint density at radius 2 is 1.30 bits per heavy atom. The summed E-state index contributed by atoms with van der Waals surface area (Å²) in [4.78, 5) is 24.0. The second-order valence-corrected chi connectivity index (χ2v) is 4.59. The van der Waals surface area contributed by atoms with Crippen LogP contribution in [0.25, 0.3) is 11.3 Å². The summed E-state index contributed by atoms with van der Waals surface area (Å²) in [5.41, 5.74) is 1.89. The zero-order valence-electron chi connectivity index (χ0n) is 12.9. The van der Waals surface area contributed by atoms with Crippen molar-refractivity contribution in [2.75, 3.05) is 14.2 Å². The highest BCUT2D eigenvalue weighted by molar-refractivity contribution is 6.25. The number of alkyl carbamates (subject to hydrolysis) is 1. The number of ether oxygens (including phenoxy) is 2. The highest BCUT2D eigenvalue weighted by Crippen LogP contribution is 2.25. The molecule has 23 heavy (non-hydrogen) atoms. The quantitative estimate of drug-likeness (QED) is 0.535. The van der Waals surface area contributed by atoms with Crippen LogP contribution in [0.5, 0.6) is 0 Å². The van der Waals surface area contributed by atoms with E-state index in [1.807, 2.05) is 24.3 Å². The van der Waals surface area contributed by atoms with E-state index in [-0.39, 0.29) is 5.57 Å². The lowest BCUT2D eigenvalue weighted by molar-refractivity contribution is -0.133. The minimum atomic E-state index is -0.666. The van der Waals surface area contributed by atoms with Crippen molar-refractivity contribution in [3.63, 3.8) is 0 Å². The number of benzene rings is 2. The molecule has 0 radical (unpaired) electrons. The maximum Gasteiger partial charge on any atom is 0.411 e. The first-order valence-corrected chi connectivity index (χ1v) is 6.95. The minimum Gasteiger partial charge on any atom is -0.465 e. The van der Waals surface area contributed by atoms with Gasteiger partial charge in [-0.05, 0) is 11.1 Å². The van der Waals surface area contributed by atoms with Crippen LogP contribution in [0.4, 0.5) is 4.79 Å². The molecule has 0 saturated carbocycles. The lowest BCUT2D eigenvalue weighted by Gasteiger charge is -2.15. The van der Waals surface area contributed by atoms with Crippen LogP contribution in [-0.4, -0.2) is 26.3 Å². The van der Waals surface area contributed by atoms with Crippen molar-refractivity contribution in [2.24, 2.45) is 0 Å². The molecule has 1 amide bonds. The number of carbonyl (C=O) groups excluding carboxylic acids is 2. The molecule has 0 aliphatic rings. The Balaban J connectivity index is 2.68. The van der Waals surface area contributed by atoms with Gasteiger partial charge in [0, 0.05) is 0 Å². The Morgan fingerprint density at radius 3 is 1.78 bits per heavy atom. The molecule has 0 saturated heterocycles. The third kappa shape index (κ3) is 3.97. The van der Waals surface area contributed by atoms with E-state index < -0.39 is 12.1 Å². The van der Waals surface area contributed by atoms with Gasteiger partial charge in [0.15, 0.2) is 0 Å². The molecule has 0 aromatic heterocycles. The highest BCUT2D eigenvalue weighted by Gasteiger charge is 2.21. The Bertz CT molecular complexity index is 708. The topological polar surface area (TPSA) is 64.6 Å². The van der Waals surface area contributed by atoms with Crippen LogP contribution in [0.1, 0.15) is 11.1 Å². The number of amides is 1. The average Bonchev–Trinajstić information content (AvgIpc) is 2.62. The molecular formula is C18H17NO4. The Morgan fingerprint density at radius 1 is 0.783 bits per heavy atom. The SMILES string of the molecule is COC(=O)N/C(=C(\C(=O)OC)c1ccccc1)c1ccccc1. The van der Waals surface area contributed by atoms with Gasteiger partial charge in [0.05, 0.1) is 25.5 Å². The van der Waals surface area contributed by atoms with Crippen LogP contribution in [0.15, 0.2) is 60.7 Å². The summed E-state index contributed by atoms with van der Waals surface area (Å²) in [5, 5.41) is 2.61. The van der Waals surface area contributed by atoms with Crippen LogP contribution < -0.4 is 5.32 Å². The van der Waals surface area contributed by atoms with Gasteiger partial charge in [0.1, 0.15) is 0 Å². The number of nitrogens with one attached hydrogen (secondary N) is 1. The lowest BCUT2D eigenvalue weighted by atomic mass is 9.99. The van der Waals surface area contributed by atoms with Gasteiger partial charge in [-0.2, -0.15) is 0 Å². The van der Waals surface area contributed by atoms with E-state index >= 15 is 0 Å². The third-order valence-electron chi connectivity index (χ3n) is 3.18. The van der Waals surface area contributed by atoms with Crippen LogP contribution in [0.3, 0.4) is 0 Å². The fourth-order valence-electron chi connectivity index (χ4n) is 2.11. The van der Waals surface area contributed by atoms with Crippen molar-refractivity contribution in [1.29, 1.82) is 0 Å². The number of carbonyl (C=O) groups is 2. The summed E-state index contributed by atoms with van der Waals surface area (Å²) in [6.07, 6.45) is -0.666. The van der Waals surface area contributed by atoms with Crippen molar-refractivity contribution in [1.82, 2.24) is 5.32 Å². The maximum absolute atomic E-state index is 12.3. The molecule has 2 aromatic carbocycles. The number of hydrogen-bond acceptors (Lipinski definition) is 4. The second-order valence-electron chi connectivity index (χ2n) is 4.59. The molecule has 0 spiro atoms. The molecule has 0 heterocycles. The Labute approximate surface area is 134 Å². The molecule has 0 unspecified atom stereocenters. The fourth-order valence-corrected chi connectivity index (χ4v) is 2.11. The molecule has 118 valence electrons. The molecule has 5 nitrogen and oxygen atoms in total. The maximum atomic E-state index is 12.3. The van der Waals surface area contributed by atoms with E-state index in [1.54, 1.807) is 36.4 Å². The molecule has 0 aliphatic carbocycles. The monoisotopic (exact) mass is 311 g/mol. The Hall–Kier alpha value is -3.08. The first kappa shape index (κ1) is 16.3. The largest absolute Gasteiger partial charge is 0.465 e. The van der Waals surface area contributed by atoms with Crippen molar-refractivity contribution in [2.45, 2.75) is 0 Å². The predicted octanol–water partition coefficient (Wildman–Crippen LogP) is 3.08. The zero-order chi connectivity index (χ0) is 16.7. The van der Waals surface area contributed by atoms with Gasteiger partial charge >= 0.3 is 12.1 Å². The van der Waals surface area contributed by atoms with Crippen molar-refractivity contribution in [3.05, 3.63) is 71.8 Å². The fraction of sp³-hybridized carbons (Fsp3) is 0.111. The summed E-state index contributed by atoms with van der Waals surface area (Å²) in [7, 11) is 2.56. The first-order valence-electron chi connectivity index (χ1n) is 6.95. The van der Waals surface area contributed by atoms with Gasteiger partial charge in [-0.3, -0.25) is 5.32 Å². The molecular weight excluding hydrogens is 294 g/mol. The van der Waals surface area contributed by atoms with Crippen molar-refractivity contribution in [3.8, 4) is 0 Å². The highest BCUT2D eigenvalue weighted by atomic mass is 16.5. The van der Waals surface area contributed by atoms with E-state index in [0.29, 0.717) is 16.8 Å². The summed E-state index contributed by atoms with van der Waals surface area (Å²) in [6, 6.07) is 18.0. The lowest BCUT2D eigenvalue weighted by Crippen LogP contribution is -2.24. The standard InChI is InChI=1S/C18H17NO4/c1-22-17(20)15(13-9-5-3-6-10-13)16(19-18(21)23-2)14-11-7-4-8-12-14/h3-12H,1-2H3,(H,19,21)/b16-15-. The smallest absolute Gasteiger partial charge is 0.411 e. The van der Waals surface area contributed by atoms with E-state index in [9.17, 15) is 9.59 Å². The van der Waals surface area contributed by atoms with Crippen LogP contribution in [-0.2, 0) is 14.3 Å². The van der Waals surface area contributed by atoms with Gasteiger partial charge in [-0.1, -0.05) is 60.7 Å². The van der Waals surface area contributed by atoms with Crippen LogP contribution in [0.2, 0.25) is 0 Å². The zero-order valence-corrected chi connectivity index (χ0v) is 12.9. The molecule has 0 atom stereocenters. The van der Waals surface area contributed by atoms with Crippen LogP contribution >= 0.6 is 0 Å². The summed E-state index contributed by atoms with van der Waals surface area (Å²) in [6.45, 7) is 0. The Kier molecular flexibility index (Phi) is 5.52. The average molecular weight is 311 g/mol. The summed E-state index contributed by atoms with van der Waals surface area (Å²) in [5.74, 6) is -0.550. The predicted molar refractivity (Wildman–Crippen MR) is 87.3 cm³/mol. The number of esters is 1.